The molecular formula is C23H37N3. The molecule has 0 radical (unpaired) electrons. The highest BCUT2D eigenvalue weighted by Crippen LogP contribution is 2.40. The zero-order valence-corrected chi connectivity index (χ0v) is 16.7. The van der Waals surface area contributed by atoms with Crippen molar-refractivity contribution in [2.75, 3.05) is 44.7 Å². The molecule has 3 nitrogen and oxygen atoms in total. The summed E-state index contributed by atoms with van der Waals surface area (Å²) in [5, 5.41) is 0. The fourth-order valence-corrected chi connectivity index (χ4v) is 5.41. The monoisotopic (exact) mass is 355 g/mol. The fourth-order valence-electron chi connectivity index (χ4n) is 5.41. The van der Waals surface area contributed by atoms with E-state index in [0.717, 1.165) is 12.6 Å². The van der Waals surface area contributed by atoms with Crippen molar-refractivity contribution in [2.24, 2.45) is 0 Å². The number of piperidine rings is 2. The van der Waals surface area contributed by atoms with Crippen LogP contribution in [0.2, 0.25) is 0 Å². The van der Waals surface area contributed by atoms with Gasteiger partial charge in [0.1, 0.15) is 0 Å². The Balaban J connectivity index is 1.28. The second-order valence-corrected chi connectivity index (χ2v) is 8.75. The molecule has 0 aliphatic carbocycles. The van der Waals surface area contributed by atoms with Gasteiger partial charge in [-0.3, -0.25) is 4.90 Å². The molecule has 2 atom stereocenters. The summed E-state index contributed by atoms with van der Waals surface area (Å²) in [7, 11) is 2.25. The Labute approximate surface area is 160 Å². The van der Waals surface area contributed by atoms with E-state index in [1.165, 1.54) is 89.7 Å². The zero-order chi connectivity index (χ0) is 17.8. The molecule has 0 saturated carbocycles. The lowest BCUT2D eigenvalue weighted by Gasteiger charge is -2.34. The normalized spacial score (nSPS) is 27.4. The molecule has 26 heavy (non-hydrogen) atoms. The van der Waals surface area contributed by atoms with Gasteiger partial charge in [0.05, 0.1) is 0 Å². The maximum absolute atomic E-state index is 2.79. The van der Waals surface area contributed by atoms with E-state index in [-0.39, 0.29) is 0 Å². The van der Waals surface area contributed by atoms with Gasteiger partial charge in [0, 0.05) is 31.4 Å². The highest BCUT2D eigenvalue weighted by atomic mass is 15.2. The molecule has 3 aliphatic heterocycles. The zero-order valence-electron chi connectivity index (χ0n) is 16.7. The molecule has 0 aromatic heterocycles. The van der Waals surface area contributed by atoms with Crippen LogP contribution in [0.3, 0.4) is 0 Å². The third-order valence-corrected chi connectivity index (χ3v) is 6.98. The van der Waals surface area contributed by atoms with Crippen LogP contribution in [0.4, 0.5) is 5.69 Å². The first kappa shape index (κ1) is 18.3. The van der Waals surface area contributed by atoms with Gasteiger partial charge in [-0.25, -0.2) is 0 Å². The average Bonchev–Trinajstić information content (AvgIpc) is 3.13. The van der Waals surface area contributed by atoms with Gasteiger partial charge in [0.2, 0.25) is 0 Å². The van der Waals surface area contributed by atoms with Crippen LogP contribution in [0.1, 0.15) is 69.4 Å². The summed E-state index contributed by atoms with van der Waals surface area (Å²) >= 11 is 0. The van der Waals surface area contributed by atoms with Crippen molar-refractivity contribution < 1.29 is 0 Å². The predicted molar refractivity (Wildman–Crippen MR) is 111 cm³/mol. The molecule has 3 saturated heterocycles. The third-order valence-electron chi connectivity index (χ3n) is 6.98. The fraction of sp³-hybridized carbons (Fsp3) is 0.739. The van der Waals surface area contributed by atoms with Crippen LogP contribution in [0.5, 0.6) is 0 Å². The van der Waals surface area contributed by atoms with Crippen LogP contribution in [-0.2, 0) is 0 Å². The van der Waals surface area contributed by atoms with Gasteiger partial charge >= 0.3 is 0 Å². The number of anilines is 1. The number of hydrogen-bond acceptors (Lipinski definition) is 3. The summed E-state index contributed by atoms with van der Waals surface area (Å²) in [6.45, 7) is 6.37. The molecule has 3 heterocycles. The van der Waals surface area contributed by atoms with Crippen molar-refractivity contribution in [3.8, 4) is 0 Å². The van der Waals surface area contributed by atoms with Crippen LogP contribution in [-0.4, -0.2) is 55.6 Å². The Bertz CT molecular complexity index is 549. The molecule has 0 unspecified atom stereocenters. The van der Waals surface area contributed by atoms with Crippen molar-refractivity contribution in [1.82, 2.24) is 9.80 Å². The molecule has 1 aromatic carbocycles. The van der Waals surface area contributed by atoms with Gasteiger partial charge < -0.3 is 9.80 Å². The molecule has 0 spiro atoms. The molecule has 3 heteroatoms. The van der Waals surface area contributed by atoms with Crippen molar-refractivity contribution >= 4 is 5.69 Å². The van der Waals surface area contributed by atoms with Crippen molar-refractivity contribution in [2.45, 2.75) is 69.9 Å². The van der Waals surface area contributed by atoms with Crippen LogP contribution < -0.4 is 4.90 Å². The minimum atomic E-state index is 0.679. The molecule has 3 aliphatic rings. The standard InChI is InChI=1S/C23H37N3/c1-24(15-7-18-25-16-4-2-5-17-25)21-11-9-20(10-12-21)23-14-13-22-8-3-6-19-26(22)23/h9-12,22-23H,2-8,13-19H2,1H3/t22-,23-/m1/s1. The summed E-state index contributed by atoms with van der Waals surface area (Å²) < 4.78 is 0. The van der Waals surface area contributed by atoms with Crippen LogP contribution in [0.15, 0.2) is 24.3 Å². The number of benzene rings is 1. The molecule has 0 amide bonds. The lowest BCUT2D eigenvalue weighted by molar-refractivity contribution is 0.150. The first-order valence-electron chi connectivity index (χ1n) is 11.1. The largest absolute Gasteiger partial charge is 0.375 e. The SMILES string of the molecule is CN(CCCN1CCCCC1)c1ccc([C@H]2CC[C@H]3CCCCN32)cc1. The van der Waals surface area contributed by atoms with Crippen LogP contribution in [0, 0.1) is 0 Å². The Morgan fingerprint density at radius 3 is 2.46 bits per heavy atom. The van der Waals surface area contributed by atoms with E-state index >= 15 is 0 Å². The van der Waals surface area contributed by atoms with Gasteiger partial charge in [-0.15, -0.1) is 0 Å². The molecule has 144 valence electrons. The second-order valence-electron chi connectivity index (χ2n) is 8.75. The Morgan fingerprint density at radius 1 is 0.885 bits per heavy atom. The number of likely N-dealkylation sites (tertiary alicyclic amines) is 1. The van der Waals surface area contributed by atoms with Crippen molar-refractivity contribution in [1.29, 1.82) is 0 Å². The Hall–Kier alpha value is -1.06. The third kappa shape index (κ3) is 4.26. The van der Waals surface area contributed by atoms with Crippen LogP contribution in [0.25, 0.3) is 0 Å². The number of rotatable bonds is 6. The molecular weight excluding hydrogens is 318 g/mol. The molecule has 4 rings (SSSR count). The Kier molecular flexibility index (Phi) is 6.16. The maximum atomic E-state index is 2.79. The quantitative estimate of drug-likeness (QED) is 0.733. The number of fused-ring (bicyclic) bond motifs is 1. The van der Waals surface area contributed by atoms with E-state index in [2.05, 4.69) is 46.0 Å². The number of nitrogens with zero attached hydrogens (tertiary/aromatic N) is 3. The minimum Gasteiger partial charge on any atom is -0.375 e. The minimum absolute atomic E-state index is 0.679. The second kappa shape index (κ2) is 8.75. The predicted octanol–water partition coefficient (Wildman–Crippen LogP) is 4.69. The molecule has 0 N–H and O–H groups in total. The average molecular weight is 356 g/mol. The molecule has 3 fully saturated rings. The van der Waals surface area contributed by atoms with E-state index < -0.39 is 0 Å². The lowest BCUT2D eigenvalue weighted by atomic mass is 10.0. The topological polar surface area (TPSA) is 9.72 Å². The number of hydrogen-bond donors (Lipinski definition) is 0. The van der Waals surface area contributed by atoms with Gasteiger partial charge in [0.15, 0.2) is 0 Å². The Morgan fingerprint density at radius 2 is 1.65 bits per heavy atom. The summed E-state index contributed by atoms with van der Waals surface area (Å²) in [4.78, 5) is 7.88. The van der Waals surface area contributed by atoms with E-state index in [0.29, 0.717) is 6.04 Å². The first-order valence-corrected chi connectivity index (χ1v) is 11.1. The first-order chi connectivity index (χ1) is 12.8. The van der Waals surface area contributed by atoms with Gasteiger partial charge in [-0.05, 0) is 88.8 Å². The summed E-state index contributed by atoms with van der Waals surface area (Å²) in [6, 6.07) is 11.1. The van der Waals surface area contributed by atoms with E-state index in [1.54, 1.807) is 5.56 Å². The highest BCUT2D eigenvalue weighted by molar-refractivity contribution is 5.47. The van der Waals surface area contributed by atoms with Gasteiger partial charge in [-0.1, -0.05) is 25.0 Å². The van der Waals surface area contributed by atoms with Crippen LogP contribution >= 0.6 is 0 Å². The smallest absolute Gasteiger partial charge is 0.0363 e. The summed E-state index contributed by atoms with van der Waals surface area (Å²) in [6.07, 6.45) is 12.5. The van der Waals surface area contributed by atoms with Crippen molar-refractivity contribution in [3.63, 3.8) is 0 Å². The summed E-state index contributed by atoms with van der Waals surface area (Å²) in [5.41, 5.74) is 2.92. The molecule has 1 aromatic rings. The highest BCUT2D eigenvalue weighted by Gasteiger charge is 2.35. The lowest BCUT2D eigenvalue weighted by Crippen LogP contribution is -2.35. The van der Waals surface area contributed by atoms with E-state index in [9.17, 15) is 0 Å². The maximum Gasteiger partial charge on any atom is 0.0363 e. The summed E-state index contributed by atoms with van der Waals surface area (Å²) in [5.74, 6) is 0. The van der Waals surface area contributed by atoms with Crippen molar-refractivity contribution in [3.05, 3.63) is 29.8 Å². The molecule has 0 bridgehead atoms. The van der Waals surface area contributed by atoms with Gasteiger partial charge in [0.25, 0.3) is 0 Å². The van der Waals surface area contributed by atoms with E-state index in [4.69, 9.17) is 0 Å². The van der Waals surface area contributed by atoms with Gasteiger partial charge in [-0.2, -0.15) is 0 Å². The van der Waals surface area contributed by atoms with E-state index in [1.807, 2.05) is 0 Å².